The van der Waals surface area contributed by atoms with E-state index in [1.165, 1.54) is 6.42 Å². The number of anilines is 2. The van der Waals surface area contributed by atoms with E-state index >= 15 is 0 Å². The summed E-state index contributed by atoms with van der Waals surface area (Å²) in [5, 5.41) is 0. The van der Waals surface area contributed by atoms with Gasteiger partial charge < -0.3 is 11.5 Å². The zero-order chi connectivity index (χ0) is 8.69. The summed E-state index contributed by atoms with van der Waals surface area (Å²) in [6.45, 7) is 4.25. The van der Waals surface area contributed by atoms with Crippen LogP contribution in [0.5, 0.6) is 0 Å². The lowest BCUT2D eigenvalue weighted by Gasteiger charge is -1.91. The second-order valence-corrected chi connectivity index (χ2v) is 2.38. The highest BCUT2D eigenvalue weighted by atomic mass is 14.6. The van der Waals surface area contributed by atoms with E-state index in [0.717, 1.165) is 0 Å². The first kappa shape index (κ1) is 9.82. The third kappa shape index (κ3) is 5.27. The molecule has 0 aromatic heterocycles. The second-order valence-electron chi connectivity index (χ2n) is 2.38. The van der Waals surface area contributed by atoms with Crippen molar-refractivity contribution in [1.29, 1.82) is 0 Å². The van der Waals surface area contributed by atoms with Crippen molar-refractivity contribution in [2.24, 2.45) is 0 Å². The average Bonchev–Trinajstić information content (AvgIpc) is 1.88. The summed E-state index contributed by atoms with van der Waals surface area (Å²) >= 11 is 0. The first-order chi connectivity index (χ1) is 5.20. The second kappa shape index (κ2) is 5.59. The SMILES string of the molecule is CCC.Nc1cccc(N)c1. The van der Waals surface area contributed by atoms with E-state index in [2.05, 4.69) is 13.8 Å². The molecule has 62 valence electrons. The number of nitrogen functional groups attached to an aromatic ring is 2. The summed E-state index contributed by atoms with van der Waals surface area (Å²) in [7, 11) is 0. The predicted octanol–water partition coefficient (Wildman–Crippen LogP) is 2.27. The number of benzene rings is 1. The van der Waals surface area contributed by atoms with E-state index in [9.17, 15) is 0 Å². The normalized spacial score (nSPS) is 8.18. The van der Waals surface area contributed by atoms with Gasteiger partial charge in [0, 0.05) is 11.4 Å². The fraction of sp³-hybridized carbons (Fsp3) is 0.333. The van der Waals surface area contributed by atoms with Crippen LogP contribution in [0.2, 0.25) is 0 Å². The Hall–Kier alpha value is -1.18. The van der Waals surface area contributed by atoms with E-state index in [1.54, 1.807) is 18.2 Å². The lowest BCUT2D eigenvalue weighted by molar-refractivity contribution is 1.09. The predicted molar refractivity (Wildman–Crippen MR) is 51.2 cm³/mol. The van der Waals surface area contributed by atoms with E-state index in [0.29, 0.717) is 11.4 Å². The molecule has 0 spiro atoms. The minimum atomic E-state index is 0.713. The number of rotatable bonds is 0. The molecule has 2 nitrogen and oxygen atoms in total. The molecule has 0 bridgehead atoms. The summed E-state index contributed by atoms with van der Waals surface area (Å²) < 4.78 is 0. The number of nitrogens with two attached hydrogens (primary N) is 2. The fourth-order valence-corrected chi connectivity index (χ4v) is 0.559. The molecule has 4 N–H and O–H groups in total. The van der Waals surface area contributed by atoms with Crippen LogP contribution in [0.25, 0.3) is 0 Å². The van der Waals surface area contributed by atoms with Crippen molar-refractivity contribution in [3.8, 4) is 0 Å². The van der Waals surface area contributed by atoms with Gasteiger partial charge in [-0.1, -0.05) is 26.3 Å². The highest BCUT2D eigenvalue weighted by Gasteiger charge is 1.81. The highest BCUT2D eigenvalue weighted by Crippen LogP contribution is 2.06. The molecular weight excluding hydrogens is 136 g/mol. The smallest absolute Gasteiger partial charge is 0.0334 e. The third-order valence-corrected chi connectivity index (χ3v) is 0.911. The average molecular weight is 152 g/mol. The Balaban J connectivity index is 0.000000292. The van der Waals surface area contributed by atoms with Crippen molar-refractivity contribution >= 4 is 11.4 Å². The molecule has 0 radical (unpaired) electrons. The van der Waals surface area contributed by atoms with Gasteiger partial charge in [0.25, 0.3) is 0 Å². The first-order valence-electron chi connectivity index (χ1n) is 3.81. The van der Waals surface area contributed by atoms with E-state index in [4.69, 9.17) is 11.5 Å². The van der Waals surface area contributed by atoms with E-state index in [-0.39, 0.29) is 0 Å². The monoisotopic (exact) mass is 152 g/mol. The summed E-state index contributed by atoms with van der Waals surface area (Å²) in [6.07, 6.45) is 1.25. The maximum atomic E-state index is 5.38. The maximum Gasteiger partial charge on any atom is 0.0334 e. The van der Waals surface area contributed by atoms with Crippen LogP contribution in [0.15, 0.2) is 24.3 Å². The summed E-state index contributed by atoms with van der Waals surface area (Å²) in [6, 6.07) is 7.15. The Bertz CT molecular complexity index is 179. The summed E-state index contributed by atoms with van der Waals surface area (Å²) in [5.74, 6) is 0. The lowest BCUT2D eigenvalue weighted by Crippen LogP contribution is -1.87. The molecule has 1 rings (SSSR count). The quantitative estimate of drug-likeness (QED) is 0.560. The van der Waals surface area contributed by atoms with Gasteiger partial charge in [-0.3, -0.25) is 0 Å². The van der Waals surface area contributed by atoms with Gasteiger partial charge in [-0.25, -0.2) is 0 Å². The largest absolute Gasteiger partial charge is 0.399 e. The molecule has 1 aromatic rings. The molecule has 11 heavy (non-hydrogen) atoms. The number of hydrogen-bond acceptors (Lipinski definition) is 2. The van der Waals surface area contributed by atoms with Crippen LogP contribution in [-0.4, -0.2) is 0 Å². The van der Waals surface area contributed by atoms with Crippen LogP contribution >= 0.6 is 0 Å². The molecule has 0 unspecified atom stereocenters. The zero-order valence-corrected chi connectivity index (χ0v) is 7.17. The van der Waals surface area contributed by atoms with Gasteiger partial charge in [-0.2, -0.15) is 0 Å². The van der Waals surface area contributed by atoms with Gasteiger partial charge in [0.2, 0.25) is 0 Å². The first-order valence-corrected chi connectivity index (χ1v) is 3.81. The summed E-state index contributed by atoms with van der Waals surface area (Å²) in [5.41, 5.74) is 12.2. The van der Waals surface area contributed by atoms with Crippen LogP contribution in [0, 0.1) is 0 Å². The van der Waals surface area contributed by atoms with Crippen LogP contribution in [0.4, 0.5) is 11.4 Å². The molecule has 0 aliphatic carbocycles. The van der Waals surface area contributed by atoms with Gasteiger partial charge in [0.05, 0.1) is 0 Å². The zero-order valence-electron chi connectivity index (χ0n) is 7.17. The van der Waals surface area contributed by atoms with Crippen LogP contribution in [-0.2, 0) is 0 Å². The molecule has 0 fully saturated rings. The van der Waals surface area contributed by atoms with Gasteiger partial charge >= 0.3 is 0 Å². The molecule has 0 saturated heterocycles. The number of hydrogen-bond donors (Lipinski definition) is 2. The van der Waals surface area contributed by atoms with Gasteiger partial charge in [-0.15, -0.1) is 0 Å². The molecule has 0 aliphatic rings. The summed E-state index contributed by atoms with van der Waals surface area (Å²) in [4.78, 5) is 0. The molecule has 0 aliphatic heterocycles. The highest BCUT2D eigenvalue weighted by molar-refractivity contribution is 5.50. The van der Waals surface area contributed by atoms with Crippen LogP contribution in [0.3, 0.4) is 0 Å². The Morgan fingerprint density at radius 2 is 1.45 bits per heavy atom. The van der Waals surface area contributed by atoms with E-state index < -0.39 is 0 Å². The molecule has 0 saturated carbocycles. The Morgan fingerprint density at radius 1 is 1.09 bits per heavy atom. The topological polar surface area (TPSA) is 52.0 Å². The van der Waals surface area contributed by atoms with Crippen molar-refractivity contribution < 1.29 is 0 Å². The fourth-order valence-electron chi connectivity index (χ4n) is 0.559. The molecule has 1 aromatic carbocycles. The van der Waals surface area contributed by atoms with Crippen molar-refractivity contribution in [2.45, 2.75) is 20.3 Å². The van der Waals surface area contributed by atoms with Crippen molar-refractivity contribution in [1.82, 2.24) is 0 Å². The Kier molecular flexibility index (Phi) is 4.99. The minimum Gasteiger partial charge on any atom is -0.399 e. The molecular formula is C9H16N2. The van der Waals surface area contributed by atoms with Gasteiger partial charge in [0.15, 0.2) is 0 Å². The minimum absolute atomic E-state index is 0.713. The van der Waals surface area contributed by atoms with E-state index in [1.807, 2.05) is 6.07 Å². The Labute approximate surface area is 68.2 Å². The molecule has 0 atom stereocenters. The van der Waals surface area contributed by atoms with Crippen LogP contribution < -0.4 is 11.5 Å². The third-order valence-electron chi connectivity index (χ3n) is 0.911. The van der Waals surface area contributed by atoms with Gasteiger partial charge in [0.1, 0.15) is 0 Å². The van der Waals surface area contributed by atoms with Crippen molar-refractivity contribution in [3.63, 3.8) is 0 Å². The molecule has 0 heterocycles. The van der Waals surface area contributed by atoms with Gasteiger partial charge in [-0.05, 0) is 18.2 Å². The lowest BCUT2D eigenvalue weighted by atomic mass is 10.3. The maximum absolute atomic E-state index is 5.38. The van der Waals surface area contributed by atoms with Crippen molar-refractivity contribution in [2.75, 3.05) is 11.5 Å². The molecule has 2 heteroatoms. The van der Waals surface area contributed by atoms with Crippen molar-refractivity contribution in [3.05, 3.63) is 24.3 Å². The molecule has 0 amide bonds. The Morgan fingerprint density at radius 3 is 1.64 bits per heavy atom. The standard InChI is InChI=1S/C6H8N2.C3H8/c7-5-2-1-3-6(8)4-5;1-3-2/h1-4H,7-8H2;3H2,1-2H3. The van der Waals surface area contributed by atoms with Crippen LogP contribution in [0.1, 0.15) is 20.3 Å².